The fourth-order valence-corrected chi connectivity index (χ4v) is 9.62. The van der Waals surface area contributed by atoms with Crippen molar-refractivity contribution in [2.24, 2.45) is 16.7 Å². The second-order valence-electron chi connectivity index (χ2n) is 18.1. The first kappa shape index (κ1) is 40.5. The standard InChI is InChI=1S/C42H55N5O9S/c1-8-25-21-42(25,38(50)46-57(52,53)27-15-16-27)45-35(48)32-19-26-22-47(32)37(49)34(40(2,3)4)44-39(51)55-23-41(5,6)17-11-12-24-18-30-29(20-33(24)54-7)28-13-9-10-14-31(28)43-36(30)56-26/h8,11-12,18,20,25-27,32,34H,1,9-10,13-17,19,21-23H2,2-7H3,(H,44,51)(H,45,48)(H,46,50)/t25-,26-,32+,34-,42-/m1/s1. The lowest BCUT2D eigenvalue weighted by Crippen LogP contribution is -2.60. The fraction of sp³-hybridized carbons (Fsp3) is 0.595. The molecule has 57 heavy (non-hydrogen) atoms. The molecule has 3 N–H and O–H groups in total. The molecule has 1 saturated heterocycles. The van der Waals surface area contributed by atoms with E-state index in [1.54, 1.807) is 7.11 Å². The zero-order valence-electron chi connectivity index (χ0n) is 33.7. The minimum atomic E-state index is -3.91. The van der Waals surface area contributed by atoms with Gasteiger partial charge in [-0.25, -0.2) is 18.2 Å². The highest BCUT2D eigenvalue weighted by Crippen LogP contribution is 2.46. The van der Waals surface area contributed by atoms with Gasteiger partial charge in [0, 0.05) is 34.4 Å². The lowest BCUT2D eigenvalue weighted by molar-refractivity contribution is -0.142. The Morgan fingerprint density at radius 1 is 1.12 bits per heavy atom. The number of amides is 4. The van der Waals surface area contributed by atoms with Crippen molar-refractivity contribution >= 4 is 50.7 Å². The molecule has 5 atom stereocenters. The Kier molecular flexibility index (Phi) is 10.6. The molecule has 3 fully saturated rings. The summed E-state index contributed by atoms with van der Waals surface area (Å²) in [4.78, 5) is 62.7. The van der Waals surface area contributed by atoms with Crippen LogP contribution in [0.1, 0.15) is 96.4 Å². The van der Waals surface area contributed by atoms with Crippen molar-refractivity contribution in [1.82, 2.24) is 25.2 Å². The normalized spacial score (nSPS) is 27.6. The minimum absolute atomic E-state index is 0.0312. The van der Waals surface area contributed by atoms with Gasteiger partial charge in [-0.3, -0.25) is 19.1 Å². The zero-order chi connectivity index (χ0) is 41.1. The summed E-state index contributed by atoms with van der Waals surface area (Å²) < 4.78 is 46.1. The predicted octanol–water partition coefficient (Wildman–Crippen LogP) is 4.72. The highest BCUT2D eigenvalue weighted by molar-refractivity contribution is 7.91. The summed E-state index contributed by atoms with van der Waals surface area (Å²) in [5.41, 5.74) is 0.0616. The second kappa shape index (κ2) is 14.9. The average Bonchev–Trinajstić information content (AvgIpc) is 4.08. The van der Waals surface area contributed by atoms with Crippen LogP contribution in [0.25, 0.3) is 16.8 Å². The van der Waals surface area contributed by atoms with Gasteiger partial charge in [0.15, 0.2) is 0 Å². The van der Waals surface area contributed by atoms with E-state index in [0.29, 0.717) is 30.9 Å². The maximum absolute atomic E-state index is 14.7. The molecule has 15 heteroatoms. The molecule has 2 saturated carbocycles. The van der Waals surface area contributed by atoms with Gasteiger partial charge in [0.05, 0.1) is 25.5 Å². The lowest BCUT2D eigenvalue weighted by Gasteiger charge is -2.35. The minimum Gasteiger partial charge on any atom is -0.496 e. The third kappa shape index (κ3) is 8.22. The van der Waals surface area contributed by atoms with Crippen molar-refractivity contribution in [1.29, 1.82) is 0 Å². The molecule has 2 aromatic rings. The molecule has 308 valence electrons. The number of carbonyl (C=O) groups excluding carboxylic acids is 4. The maximum Gasteiger partial charge on any atom is 0.407 e. The molecule has 0 radical (unpaired) electrons. The van der Waals surface area contributed by atoms with Gasteiger partial charge in [0.2, 0.25) is 27.7 Å². The summed E-state index contributed by atoms with van der Waals surface area (Å²) in [6, 6.07) is 1.77. The van der Waals surface area contributed by atoms with Crippen molar-refractivity contribution in [2.45, 2.75) is 121 Å². The van der Waals surface area contributed by atoms with E-state index in [2.05, 4.69) is 21.9 Å². The Morgan fingerprint density at radius 2 is 1.86 bits per heavy atom. The topological polar surface area (TPSA) is 182 Å². The number of hydrogen-bond acceptors (Lipinski definition) is 10. The Morgan fingerprint density at radius 3 is 2.53 bits per heavy atom. The molecule has 3 aliphatic carbocycles. The Bertz CT molecular complexity index is 2140. The number of cyclic esters (lactones) is 1. The summed E-state index contributed by atoms with van der Waals surface area (Å²) in [6.45, 7) is 13.2. The third-order valence-corrected chi connectivity index (χ3v) is 13.7. The van der Waals surface area contributed by atoms with Crippen LogP contribution < -0.4 is 24.8 Å². The van der Waals surface area contributed by atoms with Crippen LogP contribution in [0.2, 0.25) is 0 Å². The smallest absolute Gasteiger partial charge is 0.407 e. The van der Waals surface area contributed by atoms with E-state index in [4.69, 9.17) is 19.2 Å². The first-order valence-corrected chi connectivity index (χ1v) is 21.5. The molecule has 7 rings (SSSR count). The molecular formula is C42H55N5O9S. The van der Waals surface area contributed by atoms with Crippen LogP contribution in [0.5, 0.6) is 11.6 Å². The molecule has 1 aromatic heterocycles. The Labute approximate surface area is 334 Å². The number of aromatic nitrogens is 1. The summed E-state index contributed by atoms with van der Waals surface area (Å²) in [7, 11) is -2.27. The van der Waals surface area contributed by atoms with Gasteiger partial charge < -0.3 is 29.7 Å². The van der Waals surface area contributed by atoms with Crippen LogP contribution in [-0.4, -0.2) is 91.4 Å². The molecule has 5 aliphatic rings. The van der Waals surface area contributed by atoms with E-state index in [0.717, 1.165) is 53.3 Å². The van der Waals surface area contributed by atoms with E-state index in [9.17, 15) is 27.6 Å². The lowest BCUT2D eigenvalue weighted by atomic mass is 9.85. The first-order chi connectivity index (χ1) is 26.9. The van der Waals surface area contributed by atoms with Crippen molar-refractivity contribution in [3.8, 4) is 11.6 Å². The van der Waals surface area contributed by atoms with Gasteiger partial charge >= 0.3 is 6.09 Å². The van der Waals surface area contributed by atoms with Gasteiger partial charge in [-0.05, 0) is 79.9 Å². The first-order valence-electron chi connectivity index (χ1n) is 20.0. The summed E-state index contributed by atoms with van der Waals surface area (Å²) >= 11 is 0. The van der Waals surface area contributed by atoms with E-state index >= 15 is 0 Å². The number of carbonyl (C=O) groups is 4. The van der Waals surface area contributed by atoms with Gasteiger partial charge in [-0.15, -0.1) is 6.58 Å². The summed E-state index contributed by atoms with van der Waals surface area (Å²) in [5.74, 6) is -1.47. The third-order valence-electron chi connectivity index (χ3n) is 11.9. The molecule has 2 aliphatic heterocycles. The average molecular weight is 806 g/mol. The number of alkyl carbamates (subject to hydrolysis) is 1. The van der Waals surface area contributed by atoms with Gasteiger partial charge in [-0.1, -0.05) is 52.8 Å². The molecule has 0 spiro atoms. The van der Waals surface area contributed by atoms with Crippen LogP contribution >= 0.6 is 0 Å². The molecule has 14 nitrogen and oxygen atoms in total. The second-order valence-corrected chi connectivity index (χ2v) is 20.1. The molecule has 4 bridgehead atoms. The quantitative estimate of drug-likeness (QED) is 0.331. The van der Waals surface area contributed by atoms with Crippen LogP contribution in [0.4, 0.5) is 4.79 Å². The number of nitrogens with one attached hydrogen (secondary N) is 3. The number of rotatable bonds is 7. The number of ether oxygens (including phenoxy) is 3. The molecule has 1 aromatic carbocycles. The molecule has 4 amide bonds. The number of allylic oxidation sites excluding steroid dienone is 1. The predicted molar refractivity (Wildman–Crippen MR) is 214 cm³/mol. The SMILES string of the molecule is C=C[C@@H]1C[C@]1(NC(=O)[C@@H]1C[C@@H]2CN1C(=O)[C@H](C(C)(C)C)NC(=O)OCC(C)(C)CC=Cc1cc3c(nc4c(c3cc1OC)CCCC4)O2)C(=O)NS(=O)(=O)C1CC1. The van der Waals surface area contributed by atoms with Crippen molar-refractivity contribution in [2.75, 3.05) is 20.3 Å². The Hall–Kier alpha value is -4.66. The van der Waals surface area contributed by atoms with Gasteiger partial charge in [0.25, 0.3) is 5.91 Å². The van der Waals surface area contributed by atoms with E-state index in [1.807, 2.05) is 58.9 Å². The van der Waals surface area contributed by atoms with Crippen molar-refractivity contribution in [3.63, 3.8) is 0 Å². The van der Waals surface area contributed by atoms with Gasteiger partial charge in [0.1, 0.15) is 29.5 Å². The van der Waals surface area contributed by atoms with Crippen LogP contribution in [0.3, 0.4) is 0 Å². The van der Waals surface area contributed by atoms with E-state index < -0.39 is 79.6 Å². The van der Waals surface area contributed by atoms with Crippen molar-refractivity contribution < 1.29 is 41.8 Å². The highest BCUT2D eigenvalue weighted by Gasteiger charge is 2.62. The van der Waals surface area contributed by atoms with Crippen LogP contribution in [-0.2, 0) is 42.0 Å². The number of aryl methyl sites for hydroxylation is 2. The summed E-state index contributed by atoms with van der Waals surface area (Å²) in [6.07, 6.45) is 9.36. The van der Waals surface area contributed by atoms with Gasteiger partial charge in [-0.2, -0.15) is 0 Å². The number of methoxy groups -OCH3 is 1. The number of pyridine rings is 1. The largest absolute Gasteiger partial charge is 0.496 e. The molecular weight excluding hydrogens is 751 g/mol. The fourth-order valence-electron chi connectivity index (χ4n) is 8.26. The van der Waals surface area contributed by atoms with E-state index in [-0.39, 0.29) is 26.0 Å². The monoisotopic (exact) mass is 805 g/mol. The van der Waals surface area contributed by atoms with Crippen LogP contribution in [0.15, 0.2) is 30.9 Å². The van der Waals surface area contributed by atoms with Crippen molar-refractivity contribution in [3.05, 3.63) is 47.7 Å². The highest BCUT2D eigenvalue weighted by atomic mass is 32.2. The van der Waals surface area contributed by atoms with Crippen LogP contribution in [0, 0.1) is 16.7 Å². The number of nitrogens with zero attached hydrogens (tertiary/aromatic N) is 2. The Balaban J connectivity index is 1.29. The molecule has 0 unspecified atom stereocenters. The number of fused-ring (bicyclic) bond motifs is 5. The maximum atomic E-state index is 14.7. The number of sulfonamides is 1. The molecule has 3 heterocycles. The number of benzene rings is 1. The summed E-state index contributed by atoms with van der Waals surface area (Å²) in [5, 5.41) is 6.73. The number of hydrogen-bond donors (Lipinski definition) is 3. The zero-order valence-corrected chi connectivity index (χ0v) is 34.6. The van der Waals surface area contributed by atoms with E-state index in [1.165, 1.54) is 11.0 Å².